The summed E-state index contributed by atoms with van der Waals surface area (Å²) < 4.78 is 0.0289. The first-order valence-corrected chi connectivity index (χ1v) is 8.48. The van der Waals surface area contributed by atoms with Gasteiger partial charge >= 0.3 is 17.9 Å². The molecule has 0 saturated carbocycles. The zero-order valence-electron chi connectivity index (χ0n) is 13.1. The fourth-order valence-electron chi connectivity index (χ4n) is 2.25. The molecule has 10 heteroatoms. The summed E-state index contributed by atoms with van der Waals surface area (Å²) in [6.45, 7) is 0. The summed E-state index contributed by atoms with van der Waals surface area (Å²) in [5.41, 5.74) is 0.641. The van der Waals surface area contributed by atoms with Gasteiger partial charge in [0.15, 0.2) is 0 Å². The van der Waals surface area contributed by atoms with Crippen molar-refractivity contribution in [3.05, 3.63) is 40.3 Å². The van der Waals surface area contributed by atoms with Gasteiger partial charge in [0.1, 0.15) is 10.4 Å². The Kier molecular flexibility index (Phi) is 6.11. The topological polar surface area (TPSA) is 132 Å². The maximum atomic E-state index is 12.5. The van der Waals surface area contributed by atoms with Gasteiger partial charge in [0, 0.05) is 6.42 Å². The van der Waals surface area contributed by atoms with Gasteiger partial charge in [-0.3, -0.25) is 14.5 Å². The largest absolute Gasteiger partial charge is 0.481 e. The highest BCUT2D eigenvalue weighted by atomic mass is 32.2. The summed E-state index contributed by atoms with van der Waals surface area (Å²) in [7, 11) is 0. The van der Waals surface area contributed by atoms with Crippen LogP contribution in [0.5, 0.6) is 0 Å². The minimum absolute atomic E-state index is 0.0289. The molecule has 136 valence electrons. The maximum Gasteiger partial charge on any atom is 0.335 e. The predicted molar refractivity (Wildman–Crippen MR) is 96.7 cm³/mol. The summed E-state index contributed by atoms with van der Waals surface area (Å²) in [5, 5.41) is 26.9. The number of hydrogen-bond donors (Lipinski definition) is 3. The highest BCUT2D eigenvalue weighted by Gasteiger charge is 2.40. The third-order valence-electron chi connectivity index (χ3n) is 3.51. The van der Waals surface area contributed by atoms with Crippen LogP contribution in [-0.2, 0) is 14.4 Å². The van der Waals surface area contributed by atoms with Gasteiger partial charge < -0.3 is 15.3 Å². The lowest BCUT2D eigenvalue weighted by Crippen LogP contribution is -2.44. The van der Waals surface area contributed by atoms with Crippen molar-refractivity contribution < 1.29 is 34.5 Å². The molecule has 1 amide bonds. The average molecular weight is 395 g/mol. The summed E-state index contributed by atoms with van der Waals surface area (Å²) in [4.78, 5) is 46.6. The zero-order valence-corrected chi connectivity index (χ0v) is 14.7. The van der Waals surface area contributed by atoms with Crippen molar-refractivity contribution in [3.8, 4) is 0 Å². The number of benzene rings is 1. The van der Waals surface area contributed by atoms with Crippen LogP contribution in [0.15, 0.2) is 29.2 Å². The minimum Gasteiger partial charge on any atom is -0.481 e. The lowest BCUT2D eigenvalue weighted by Gasteiger charge is -2.22. The predicted octanol–water partition coefficient (Wildman–Crippen LogP) is 1.90. The maximum absolute atomic E-state index is 12.5. The van der Waals surface area contributed by atoms with Gasteiger partial charge in [-0.1, -0.05) is 36.1 Å². The monoisotopic (exact) mass is 395 g/mol. The van der Waals surface area contributed by atoms with Crippen LogP contribution in [-0.4, -0.2) is 54.4 Å². The van der Waals surface area contributed by atoms with E-state index < -0.39 is 36.3 Å². The lowest BCUT2D eigenvalue weighted by atomic mass is 10.1. The van der Waals surface area contributed by atoms with Crippen LogP contribution in [0, 0.1) is 0 Å². The average Bonchev–Trinajstić information content (AvgIpc) is 2.82. The molecule has 0 aliphatic carbocycles. The number of carboxylic acid groups (broad SMARTS) is 3. The number of carbonyl (C=O) groups excluding carboxylic acids is 1. The molecule has 0 bridgehead atoms. The van der Waals surface area contributed by atoms with Crippen molar-refractivity contribution in [2.45, 2.75) is 18.9 Å². The van der Waals surface area contributed by atoms with Gasteiger partial charge in [-0.25, -0.2) is 9.59 Å². The van der Waals surface area contributed by atoms with E-state index in [0.29, 0.717) is 5.56 Å². The Hall–Kier alpha value is -2.72. The number of nitrogens with zero attached hydrogens (tertiary/aromatic N) is 1. The van der Waals surface area contributed by atoms with Gasteiger partial charge in [-0.2, -0.15) is 0 Å². The van der Waals surface area contributed by atoms with Crippen LogP contribution in [0.2, 0.25) is 0 Å². The number of aromatic carboxylic acids is 1. The van der Waals surface area contributed by atoms with Crippen molar-refractivity contribution in [1.29, 1.82) is 0 Å². The third-order valence-corrected chi connectivity index (χ3v) is 4.84. The van der Waals surface area contributed by atoms with E-state index in [2.05, 4.69) is 0 Å². The molecule has 0 radical (unpaired) electrons. The normalized spacial score (nSPS) is 16.8. The number of carboxylic acids is 3. The number of aliphatic carboxylic acids is 2. The zero-order chi connectivity index (χ0) is 19.4. The number of thiocarbonyl (C=S) groups is 1. The Morgan fingerprint density at radius 2 is 1.77 bits per heavy atom. The highest BCUT2D eigenvalue weighted by Crippen LogP contribution is 2.35. The van der Waals surface area contributed by atoms with E-state index in [4.69, 9.17) is 22.4 Å². The smallest absolute Gasteiger partial charge is 0.335 e. The third kappa shape index (κ3) is 4.46. The number of hydrogen-bond acceptors (Lipinski definition) is 6. The molecule has 1 aromatic rings. The molecule has 2 rings (SSSR count). The van der Waals surface area contributed by atoms with Crippen LogP contribution in [0.4, 0.5) is 0 Å². The molecule has 26 heavy (non-hydrogen) atoms. The first-order valence-electron chi connectivity index (χ1n) is 7.25. The van der Waals surface area contributed by atoms with Crippen molar-refractivity contribution >= 4 is 58.2 Å². The van der Waals surface area contributed by atoms with E-state index >= 15 is 0 Å². The second kappa shape index (κ2) is 8.11. The van der Waals surface area contributed by atoms with E-state index in [0.717, 1.165) is 16.7 Å². The van der Waals surface area contributed by atoms with Crippen LogP contribution >= 0.6 is 24.0 Å². The molecule has 1 atom stereocenters. The summed E-state index contributed by atoms with van der Waals surface area (Å²) in [6, 6.07) is 4.41. The van der Waals surface area contributed by atoms with Crippen LogP contribution in [0.1, 0.15) is 28.8 Å². The summed E-state index contributed by atoms with van der Waals surface area (Å²) in [5.74, 6) is -4.21. The standard InChI is InChI=1S/C16H13NO7S2/c18-12(19)6-5-10(15(23)24)17-13(20)11(26-16(17)25)7-8-1-3-9(4-2-8)14(21)22/h1-4,7,10H,5-6H2,(H,18,19)(H,21,22)(H,23,24)/b11-7-. The van der Waals surface area contributed by atoms with Gasteiger partial charge in [-0.05, 0) is 30.2 Å². The van der Waals surface area contributed by atoms with Crippen LogP contribution in [0.3, 0.4) is 0 Å². The number of rotatable bonds is 7. The molecule has 1 fully saturated rings. The summed E-state index contributed by atoms with van der Waals surface area (Å²) >= 11 is 5.99. The quantitative estimate of drug-likeness (QED) is 0.468. The molecule has 1 unspecified atom stereocenters. The van der Waals surface area contributed by atoms with Crippen LogP contribution in [0.25, 0.3) is 6.08 Å². The van der Waals surface area contributed by atoms with Gasteiger partial charge in [0.2, 0.25) is 0 Å². The van der Waals surface area contributed by atoms with Crippen molar-refractivity contribution in [3.63, 3.8) is 0 Å². The number of thioether (sulfide) groups is 1. The molecule has 3 N–H and O–H groups in total. The van der Waals surface area contributed by atoms with E-state index in [1.54, 1.807) is 0 Å². The van der Waals surface area contributed by atoms with E-state index in [9.17, 15) is 24.3 Å². The molecular weight excluding hydrogens is 382 g/mol. The van der Waals surface area contributed by atoms with Crippen molar-refractivity contribution in [1.82, 2.24) is 4.90 Å². The first kappa shape index (κ1) is 19.6. The molecule has 1 aromatic carbocycles. The molecule has 1 saturated heterocycles. The van der Waals surface area contributed by atoms with Gasteiger partial charge in [0.05, 0.1) is 10.5 Å². The summed E-state index contributed by atoms with van der Waals surface area (Å²) in [6.07, 6.45) is 0.794. The van der Waals surface area contributed by atoms with Crippen molar-refractivity contribution in [2.24, 2.45) is 0 Å². The second-order valence-electron chi connectivity index (χ2n) is 5.27. The number of carbonyl (C=O) groups is 4. The lowest BCUT2D eigenvalue weighted by molar-refractivity contribution is -0.146. The van der Waals surface area contributed by atoms with E-state index in [1.165, 1.54) is 30.3 Å². The fraction of sp³-hybridized carbons (Fsp3) is 0.188. The SMILES string of the molecule is O=C(O)CCC(C(=O)O)N1C(=O)/C(=C/c2ccc(C(=O)O)cc2)SC1=S. The Morgan fingerprint density at radius 3 is 2.27 bits per heavy atom. The van der Waals surface area contributed by atoms with Crippen molar-refractivity contribution in [2.75, 3.05) is 0 Å². The van der Waals surface area contributed by atoms with Gasteiger partial charge in [0.25, 0.3) is 5.91 Å². The fourth-order valence-corrected chi connectivity index (χ4v) is 3.60. The number of amides is 1. The molecule has 1 aliphatic heterocycles. The molecule has 8 nitrogen and oxygen atoms in total. The Balaban J connectivity index is 2.24. The Labute approximate surface area is 157 Å². The highest BCUT2D eigenvalue weighted by molar-refractivity contribution is 8.26. The van der Waals surface area contributed by atoms with Crippen LogP contribution < -0.4 is 0 Å². The molecule has 1 aliphatic rings. The van der Waals surface area contributed by atoms with E-state index in [-0.39, 0.29) is 21.2 Å². The molecule has 1 heterocycles. The Bertz CT molecular complexity index is 816. The molecular formula is C16H13NO7S2. The molecule has 0 aromatic heterocycles. The second-order valence-corrected chi connectivity index (χ2v) is 6.94. The van der Waals surface area contributed by atoms with E-state index in [1.807, 2.05) is 0 Å². The Morgan fingerprint density at radius 1 is 1.15 bits per heavy atom. The van der Waals surface area contributed by atoms with Gasteiger partial charge in [-0.15, -0.1) is 0 Å². The minimum atomic E-state index is -1.36. The first-order chi connectivity index (χ1) is 12.2. The molecule has 0 spiro atoms.